The topological polar surface area (TPSA) is 52.8 Å². The number of methoxy groups -OCH3 is 1. The fourth-order valence-electron chi connectivity index (χ4n) is 1.26. The number of aromatic nitrogens is 4. The van der Waals surface area contributed by atoms with Crippen molar-refractivity contribution in [1.29, 1.82) is 0 Å². The lowest BCUT2D eigenvalue weighted by Crippen LogP contribution is -2.11. The highest BCUT2D eigenvalue weighted by Gasteiger charge is 2.30. The molecule has 1 aromatic carbocycles. The van der Waals surface area contributed by atoms with Crippen molar-refractivity contribution in [1.82, 2.24) is 20.2 Å². The van der Waals surface area contributed by atoms with E-state index in [4.69, 9.17) is 39.5 Å². The van der Waals surface area contributed by atoms with E-state index in [9.17, 15) is 0 Å². The van der Waals surface area contributed by atoms with E-state index < -0.39 is 3.79 Å². The maximum Gasteiger partial charge on any atom is 0.252 e. The molecule has 2 rings (SSSR count). The Kier molecular flexibility index (Phi) is 3.42. The molecule has 1 aromatic heterocycles. The van der Waals surface area contributed by atoms with E-state index >= 15 is 0 Å². The lowest BCUT2D eigenvalue weighted by Gasteiger charge is -2.10. The largest absolute Gasteiger partial charge is 0.497 e. The maximum atomic E-state index is 5.76. The van der Waals surface area contributed by atoms with Crippen molar-refractivity contribution in [3.63, 3.8) is 0 Å². The molecule has 5 nitrogen and oxygen atoms in total. The van der Waals surface area contributed by atoms with Gasteiger partial charge in [0.05, 0.1) is 12.8 Å². The van der Waals surface area contributed by atoms with E-state index in [1.165, 1.54) is 4.68 Å². The fourth-order valence-corrected chi connectivity index (χ4v) is 1.61. The van der Waals surface area contributed by atoms with Gasteiger partial charge >= 0.3 is 0 Å². The van der Waals surface area contributed by atoms with Gasteiger partial charge in [0.15, 0.2) is 0 Å². The van der Waals surface area contributed by atoms with Gasteiger partial charge in [0, 0.05) is 0 Å². The van der Waals surface area contributed by atoms with Gasteiger partial charge in [0.1, 0.15) is 5.75 Å². The molecule has 2 aromatic rings. The molecule has 90 valence electrons. The van der Waals surface area contributed by atoms with Gasteiger partial charge in [-0.1, -0.05) is 34.8 Å². The average Bonchev–Trinajstić information content (AvgIpc) is 2.78. The van der Waals surface area contributed by atoms with Crippen LogP contribution in [0, 0.1) is 0 Å². The van der Waals surface area contributed by atoms with E-state index in [-0.39, 0.29) is 5.82 Å². The molecule has 0 saturated heterocycles. The van der Waals surface area contributed by atoms with Crippen LogP contribution in [0.3, 0.4) is 0 Å². The first-order valence-electron chi connectivity index (χ1n) is 4.52. The Bertz CT molecular complexity index is 506. The van der Waals surface area contributed by atoms with Crippen molar-refractivity contribution in [3.05, 3.63) is 30.1 Å². The molecule has 17 heavy (non-hydrogen) atoms. The highest BCUT2D eigenvalue weighted by molar-refractivity contribution is 6.66. The molecule has 0 fully saturated rings. The zero-order valence-electron chi connectivity index (χ0n) is 8.64. The molecule has 0 saturated carbocycles. The van der Waals surface area contributed by atoms with Crippen molar-refractivity contribution < 1.29 is 4.74 Å². The predicted octanol–water partition coefficient (Wildman–Crippen LogP) is 2.50. The van der Waals surface area contributed by atoms with Crippen LogP contribution in [0.25, 0.3) is 5.69 Å². The van der Waals surface area contributed by atoms with Gasteiger partial charge in [-0.2, -0.15) is 4.68 Å². The maximum absolute atomic E-state index is 5.76. The van der Waals surface area contributed by atoms with E-state index in [0.717, 1.165) is 5.75 Å². The number of alkyl halides is 3. The molecule has 0 aliphatic rings. The van der Waals surface area contributed by atoms with E-state index in [0.29, 0.717) is 5.69 Å². The smallest absolute Gasteiger partial charge is 0.252 e. The minimum atomic E-state index is -1.68. The van der Waals surface area contributed by atoms with Gasteiger partial charge in [0.2, 0.25) is 5.82 Å². The molecule has 0 amide bonds. The van der Waals surface area contributed by atoms with Crippen molar-refractivity contribution in [2.24, 2.45) is 0 Å². The Morgan fingerprint density at radius 1 is 1.18 bits per heavy atom. The van der Waals surface area contributed by atoms with Gasteiger partial charge in [0.25, 0.3) is 3.79 Å². The molecular weight excluding hydrogens is 286 g/mol. The molecule has 0 spiro atoms. The second-order valence-corrected chi connectivity index (χ2v) is 5.39. The minimum absolute atomic E-state index is 0.132. The van der Waals surface area contributed by atoms with Crippen molar-refractivity contribution in [3.8, 4) is 11.4 Å². The highest BCUT2D eigenvalue weighted by Crippen LogP contribution is 2.37. The number of rotatable bonds is 2. The number of nitrogens with zero attached hydrogens (tertiary/aromatic N) is 4. The van der Waals surface area contributed by atoms with Crippen LogP contribution in [0.2, 0.25) is 0 Å². The number of halogens is 3. The number of hydrogen-bond acceptors (Lipinski definition) is 4. The lowest BCUT2D eigenvalue weighted by atomic mass is 10.3. The summed E-state index contributed by atoms with van der Waals surface area (Å²) in [6.07, 6.45) is 0. The standard InChI is InChI=1S/C9H7Cl3N4O/c1-17-7-4-2-6(3-5-7)16-8(9(10,11)12)13-14-15-16/h2-5H,1H3. The Balaban J connectivity index is 2.43. The van der Waals surface area contributed by atoms with E-state index in [1.54, 1.807) is 31.4 Å². The molecule has 0 aliphatic carbocycles. The summed E-state index contributed by atoms with van der Waals surface area (Å²) in [6, 6.07) is 7.04. The summed E-state index contributed by atoms with van der Waals surface area (Å²) in [6.45, 7) is 0. The van der Waals surface area contributed by atoms with Gasteiger partial charge in [-0.05, 0) is 34.7 Å². The number of tetrazole rings is 1. The quantitative estimate of drug-likeness (QED) is 0.798. The van der Waals surface area contributed by atoms with Gasteiger partial charge in [-0.15, -0.1) is 5.10 Å². The normalized spacial score (nSPS) is 11.5. The number of hydrogen-bond donors (Lipinski definition) is 0. The van der Waals surface area contributed by atoms with Crippen LogP contribution in [-0.2, 0) is 3.79 Å². The summed E-state index contributed by atoms with van der Waals surface area (Å²) in [5, 5.41) is 10.9. The van der Waals surface area contributed by atoms with Crippen LogP contribution in [0.4, 0.5) is 0 Å². The molecule has 0 bridgehead atoms. The first kappa shape index (κ1) is 12.4. The van der Waals surface area contributed by atoms with Crippen LogP contribution in [0.15, 0.2) is 24.3 Å². The molecule has 0 unspecified atom stereocenters. The number of benzene rings is 1. The highest BCUT2D eigenvalue weighted by atomic mass is 35.6. The lowest BCUT2D eigenvalue weighted by molar-refractivity contribution is 0.414. The Morgan fingerprint density at radius 3 is 2.35 bits per heavy atom. The third-order valence-corrected chi connectivity index (χ3v) is 2.55. The van der Waals surface area contributed by atoms with Crippen LogP contribution in [0.5, 0.6) is 5.75 Å². The minimum Gasteiger partial charge on any atom is -0.497 e. The summed E-state index contributed by atoms with van der Waals surface area (Å²) < 4.78 is 4.72. The Hall–Kier alpha value is -1.04. The van der Waals surface area contributed by atoms with Crippen LogP contribution in [0.1, 0.15) is 5.82 Å². The fraction of sp³-hybridized carbons (Fsp3) is 0.222. The van der Waals surface area contributed by atoms with Crippen LogP contribution >= 0.6 is 34.8 Å². The molecule has 8 heteroatoms. The summed E-state index contributed by atoms with van der Waals surface area (Å²) in [7, 11) is 1.58. The monoisotopic (exact) mass is 292 g/mol. The van der Waals surface area contributed by atoms with Gasteiger partial charge in [-0.25, -0.2) is 0 Å². The first-order chi connectivity index (χ1) is 8.02. The van der Waals surface area contributed by atoms with Crippen LogP contribution < -0.4 is 4.74 Å². The second-order valence-electron chi connectivity index (χ2n) is 3.11. The van der Waals surface area contributed by atoms with Crippen LogP contribution in [-0.4, -0.2) is 27.3 Å². The second kappa shape index (κ2) is 4.68. The molecular formula is C9H7Cl3N4O. The Labute approximate surface area is 112 Å². The first-order valence-corrected chi connectivity index (χ1v) is 5.66. The summed E-state index contributed by atoms with van der Waals surface area (Å²) in [5.41, 5.74) is 0.678. The molecule has 1 heterocycles. The van der Waals surface area contributed by atoms with Crippen molar-refractivity contribution >= 4 is 34.8 Å². The van der Waals surface area contributed by atoms with E-state index in [1.807, 2.05) is 0 Å². The molecule has 0 N–H and O–H groups in total. The zero-order valence-corrected chi connectivity index (χ0v) is 10.9. The molecule has 0 radical (unpaired) electrons. The summed E-state index contributed by atoms with van der Waals surface area (Å²) in [4.78, 5) is 0. The summed E-state index contributed by atoms with van der Waals surface area (Å²) >= 11 is 17.3. The SMILES string of the molecule is COc1ccc(-n2nnnc2C(Cl)(Cl)Cl)cc1. The third kappa shape index (κ3) is 2.62. The molecule has 0 atom stereocenters. The Morgan fingerprint density at radius 2 is 1.82 bits per heavy atom. The van der Waals surface area contributed by atoms with Crippen molar-refractivity contribution in [2.75, 3.05) is 7.11 Å². The predicted molar refractivity (Wildman–Crippen MR) is 64.9 cm³/mol. The van der Waals surface area contributed by atoms with E-state index in [2.05, 4.69) is 15.5 Å². The molecule has 0 aliphatic heterocycles. The van der Waals surface area contributed by atoms with Gasteiger partial charge < -0.3 is 4.74 Å². The summed E-state index contributed by atoms with van der Waals surface area (Å²) in [5.74, 6) is 0.852. The zero-order chi connectivity index (χ0) is 12.5. The van der Waals surface area contributed by atoms with Gasteiger partial charge in [-0.3, -0.25) is 0 Å². The average molecular weight is 294 g/mol. The number of ether oxygens (including phenoxy) is 1. The third-order valence-electron chi connectivity index (χ3n) is 2.04. The van der Waals surface area contributed by atoms with Crippen molar-refractivity contribution in [2.45, 2.75) is 3.79 Å².